The van der Waals surface area contributed by atoms with Crippen molar-refractivity contribution in [3.8, 4) is 0 Å². The van der Waals surface area contributed by atoms with Gasteiger partial charge in [0.1, 0.15) is 10.6 Å². The third-order valence-corrected chi connectivity index (χ3v) is 7.76. The van der Waals surface area contributed by atoms with Crippen molar-refractivity contribution in [1.29, 1.82) is 0 Å². The Morgan fingerprint density at radius 1 is 0.812 bits per heavy atom. The van der Waals surface area contributed by atoms with Gasteiger partial charge in [-0.1, -0.05) is 36.4 Å². The van der Waals surface area contributed by atoms with E-state index in [0.29, 0.717) is 0 Å². The standard InChI is InChI=1S/C14H15ClP/c1-2-16(15,13-9-5-3-6-10-13)14-11-7-4-8-12-14/h3-12H,2H2,1H3/q+1. The lowest BCUT2D eigenvalue weighted by Crippen LogP contribution is -2.19. The van der Waals surface area contributed by atoms with Crippen LogP contribution in [0.1, 0.15) is 6.92 Å². The molecule has 0 amide bonds. The van der Waals surface area contributed by atoms with Gasteiger partial charge in [0.25, 0.3) is 0 Å². The first-order valence-corrected chi connectivity index (χ1v) is 8.34. The molecule has 0 atom stereocenters. The van der Waals surface area contributed by atoms with Crippen LogP contribution in [0.4, 0.5) is 0 Å². The molecule has 0 nitrogen and oxygen atoms in total. The van der Waals surface area contributed by atoms with E-state index in [1.807, 2.05) is 12.1 Å². The van der Waals surface area contributed by atoms with Crippen molar-refractivity contribution in [2.24, 2.45) is 0 Å². The quantitative estimate of drug-likeness (QED) is 0.726. The highest BCUT2D eigenvalue weighted by Crippen LogP contribution is 2.60. The van der Waals surface area contributed by atoms with Crippen molar-refractivity contribution in [3.05, 3.63) is 60.7 Å². The van der Waals surface area contributed by atoms with E-state index >= 15 is 0 Å². The second-order valence-corrected chi connectivity index (χ2v) is 8.53. The Labute approximate surface area is 102 Å². The highest BCUT2D eigenvalue weighted by molar-refractivity contribution is 8.09. The van der Waals surface area contributed by atoms with E-state index in [-0.39, 0.29) is 0 Å². The van der Waals surface area contributed by atoms with Crippen molar-refractivity contribution in [1.82, 2.24) is 0 Å². The van der Waals surface area contributed by atoms with Crippen LogP contribution in [0.3, 0.4) is 0 Å². The molecule has 82 valence electrons. The van der Waals surface area contributed by atoms with Crippen LogP contribution < -0.4 is 10.6 Å². The molecule has 0 aliphatic heterocycles. The fraction of sp³-hybridized carbons (Fsp3) is 0.143. The third-order valence-electron chi connectivity index (χ3n) is 2.77. The fourth-order valence-corrected chi connectivity index (χ4v) is 4.84. The van der Waals surface area contributed by atoms with Gasteiger partial charge in [0, 0.05) is 0 Å². The Morgan fingerprint density at radius 3 is 1.50 bits per heavy atom. The first-order chi connectivity index (χ1) is 7.77. The molecular formula is C14H15ClP+. The summed E-state index contributed by atoms with van der Waals surface area (Å²) < 4.78 is 0. The van der Waals surface area contributed by atoms with Crippen molar-refractivity contribution < 1.29 is 0 Å². The molecule has 0 saturated carbocycles. The Hall–Kier alpha value is -0.840. The molecule has 2 aromatic rings. The van der Waals surface area contributed by atoms with Crippen molar-refractivity contribution in [3.63, 3.8) is 0 Å². The number of benzene rings is 2. The zero-order chi connectivity index (χ0) is 11.4. The maximum atomic E-state index is 6.89. The second kappa shape index (κ2) is 4.99. The van der Waals surface area contributed by atoms with Crippen LogP contribution >= 0.6 is 17.9 Å². The van der Waals surface area contributed by atoms with Gasteiger partial charge in [0.2, 0.25) is 0 Å². The van der Waals surface area contributed by atoms with Gasteiger partial charge >= 0.3 is 0 Å². The Bertz CT molecular complexity index is 399. The van der Waals surface area contributed by atoms with Gasteiger partial charge in [-0.05, 0) is 31.2 Å². The highest BCUT2D eigenvalue weighted by atomic mass is 35.7. The summed E-state index contributed by atoms with van der Waals surface area (Å²) in [6.45, 7) is 0.485. The average molecular weight is 250 g/mol. The maximum absolute atomic E-state index is 6.89. The van der Waals surface area contributed by atoms with E-state index in [9.17, 15) is 0 Å². The molecule has 2 aromatic carbocycles. The van der Waals surface area contributed by atoms with Crippen LogP contribution in [-0.2, 0) is 0 Å². The minimum atomic E-state index is -1.68. The number of hydrogen-bond donors (Lipinski definition) is 0. The molecule has 2 rings (SSSR count). The molecule has 0 aliphatic carbocycles. The maximum Gasteiger partial charge on any atom is 0.177 e. The molecule has 0 aliphatic rings. The van der Waals surface area contributed by atoms with Gasteiger partial charge in [-0.25, -0.2) is 0 Å². The zero-order valence-corrected chi connectivity index (χ0v) is 11.0. The summed E-state index contributed by atoms with van der Waals surface area (Å²) in [5, 5.41) is 2.54. The molecular weight excluding hydrogens is 235 g/mol. The summed E-state index contributed by atoms with van der Waals surface area (Å²) in [6.07, 6.45) is 0.989. The van der Waals surface area contributed by atoms with Crippen LogP contribution in [0.2, 0.25) is 0 Å². The molecule has 2 heteroatoms. The van der Waals surface area contributed by atoms with Crippen LogP contribution in [0.15, 0.2) is 60.7 Å². The Morgan fingerprint density at radius 2 is 1.19 bits per heavy atom. The van der Waals surface area contributed by atoms with Crippen molar-refractivity contribution in [2.75, 3.05) is 6.16 Å². The third kappa shape index (κ3) is 2.14. The Kier molecular flexibility index (Phi) is 3.63. The topological polar surface area (TPSA) is 0 Å². The normalized spacial score (nSPS) is 11.4. The van der Waals surface area contributed by atoms with E-state index in [1.54, 1.807) is 0 Å². The first-order valence-electron chi connectivity index (χ1n) is 5.46. The molecule has 0 fully saturated rings. The molecule has 16 heavy (non-hydrogen) atoms. The lowest BCUT2D eigenvalue weighted by atomic mass is 10.4. The predicted molar refractivity (Wildman–Crippen MR) is 75.5 cm³/mol. The predicted octanol–water partition coefficient (Wildman–Crippen LogP) is 3.83. The summed E-state index contributed by atoms with van der Waals surface area (Å²) in [5.74, 6) is 0. The van der Waals surface area contributed by atoms with Crippen LogP contribution in [0, 0.1) is 0 Å². The van der Waals surface area contributed by atoms with Crippen LogP contribution in [0.25, 0.3) is 0 Å². The lowest BCUT2D eigenvalue weighted by molar-refractivity contribution is 1.50. The van der Waals surface area contributed by atoms with E-state index in [4.69, 9.17) is 11.2 Å². The molecule has 0 spiro atoms. The lowest BCUT2D eigenvalue weighted by Gasteiger charge is -2.16. The molecule has 0 heterocycles. The molecule has 0 N–H and O–H groups in total. The molecule has 0 unspecified atom stereocenters. The average Bonchev–Trinajstić information content (AvgIpc) is 2.40. The number of halogens is 1. The summed E-state index contributed by atoms with van der Waals surface area (Å²) in [4.78, 5) is 0. The molecule has 0 aromatic heterocycles. The van der Waals surface area contributed by atoms with Crippen LogP contribution in [0.5, 0.6) is 0 Å². The summed E-state index contributed by atoms with van der Waals surface area (Å²) >= 11 is 6.89. The van der Waals surface area contributed by atoms with Gasteiger partial charge in [-0.2, -0.15) is 0 Å². The SMILES string of the molecule is CC[P+](Cl)(c1ccccc1)c1ccccc1. The van der Waals surface area contributed by atoms with Gasteiger partial charge < -0.3 is 0 Å². The van der Waals surface area contributed by atoms with E-state index in [2.05, 4.69) is 55.5 Å². The smallest absolute Gasteiger partial charge is 0.0620 e. The van der Waals surface area contributed by atoms with Gasteiger partial charge in [-0.15, -0.1) is 0 Å². The summed E-state index contributed by atoms with van der Waals surface area (Å²) in [6, 6.07) is 20.9. The van der Waals surface area contributed by atoms with Crippen LogP contribution in [-0.4, -0.2) is 6.16 Å². The first kappa shape index (κ1) is 11.6. The van der Waals surface area contributed by atoms with E-state index in [1.165, 1.54) is 10.6 Å². The molecule has 0 radical (unpaired) electrons. The summed E-state index contributed by atoms with van der Waals surface area (Å²) in [7, 11) is 0. The highest BCUT2D eigenvalue weighted by Gasteiger charge is 2.39. The summed E-state index contributed by atoms with van der Waals surface area (Å²) in [5.41, 5.74) is 0. The van der Waals surface area contributed by atoms with Gasteiger partial charge in [0.05, 0.1) is 17.4 Å². The largest absolute Gasteiger partial charge is 0.177 e. The Balaban J connectivity index is 2.49. The number of hydrogen-bond acceptors (Lipinski definition) is 0. The van der Waals surface area contributed by atoms with E-state index in [0.717, 1.165) is 6.16 Å². The minimum absolute atomic E-state index is 0.989. The fourth-order valence-electron chi connectivity index (χ4n) is 1.84. The second-order valence-electron chi connectivity index (χ2n) is 3.70. The monoisotopic (exact) mass is 249 g/mol. The molecule has 0 saturated heterocycles. The zero-order valence-electron chi connectivity index (χ0n) is 9.31. The number of rotatable bonds is 3. The van der Waals surface area contributed by atoms with Crippen molar-refractivity contribution in [2.45, 2.75) is 6.92 Å². The van der Waals surface area contributed by atoms with Gasteiger partial charge in [0.15, 0.2) is 6.62 Å². The van der Waals surface area contributed by atoms with Gasteiger partial charge in [-0.3, -0.25) is 0 Å². The minimum Gasteiger partial charge on any atom is -0.0620 e. The van der Waals surface area contributed by atoms with E-state index < -0.39 is 6.62 Å². The van der Waals surface area contributed by atoms with Crippen molar-refractivity contribution >= 4 is 28.5 Å². The molecule has 0 bridgehead atoms.